The molecule has 1 saturated carbocycles. The second-order valence-electron chi connectivity index (χ2n) is 5.55. The Morgan fingerprint density at radius 2 is 2.06 bits per heavy atom. The molecule has 0 aromatic heterocycles. The number of amides is 1. The summed E-state index contributed by atoms with van der Waals surface area (Å²) in [6.07, 6.45) is 8.23. The lowest BCUT2D eigenvalue weighted by Gasteiger charge is -2.24. The van der Waals surface area contributed by atoms with Crippen LogP contribution < -0.4 is 11.1 Å². The van der Waals surface area contributed by atoms with Crippen molar-refractivity contribution in [3.8, 4) is 0 Å². The van der Waals surface area contributed by atoms with Crippen molar-refractivity contribution < 1.29 is 9.53 Å². The molecule has 1 fully saturated rings. The minimum absolute atomic E-state index is 0.0726. The first-order valence-electron chi connectivity index (χ1n) is 7.25. The lowest BCUT2D eigenvalue weighted by molar-refractivity contribution is -0.126. The summed E-state index contributed by atoms with van der Waals surface area (Å²) in [5.41, 5.74) is 5.19. The highest BCUT2D eigenvalue weighted by Gasteiger charge is 2.26. The molecule has 4 nitrogen and oxygen atoms in total. The fourth-order valence-corrected chi connectivity index (χ4v) is 2.46. The average Bonchev–Trinajstić information content (AvgIpc) is 2.35. The topological polar surface area (TPSA) is 64.4 Å². The third kappa shape index (κ3) is 5.36. The Balaban J connectivity index is 2.11. The van der Waals surface area contributed by atoms with Gasteiger partial charge in [0.25, 0.3) is 0 Å². The van der Waals surface area contributed by atoms with Gasteiger partial charge in [-0.2, -0.15) is 0 Å². The van der Waals surface area contributed by atoms with Crippen molar-refractivity contribution in [2.75, 3.05) is 13.2 Å². The molecule has 0 spiro atoms. The Labute approximate surface area is 111 Å². The Morgan fingerprint density at radius 1 is 1.39 bits per heavy atom. The van der Waals surface area contributed by atoms with Crippen molar-refractivity contribution in [2.45, 2.75) is 70.4 Å². The van der Waals surface area contributed by atoms with Gasteiger partial charge in [0.1, 0.15) is 0 Å². The van der Waals surface area contributed by atoms with Crippen LogP contribution in [0.1, 0.15) is 58.8 Å². The molecule has 1 rings (SSSR count). The van der Waals surface area contributed by atoms with E-state index in [2.05, 4.69) is 5.32 Å². The van der Waals surface area contributed by atoms with Crippen LogP contribution in [0.5, 0.6) is 0 Å². The number of carbonyl (C=O) groups is 1. The number of hydrogen-bond donors (Lipinski definition) is 2. The van der Waals surface area contributed by atoms with Crippen LogP contribution in [0.2, 0.25) is 0 Å². The molecule has 0 radical (unpaired) electrons. The number of carbonyl (C=O) groups excluding carboxylic acids is 1. The highest BCUT2D eigenvalue weighted by Crippen LogP contribution is 2.19. The number of ether oxygens (including phenoxy) is 1. The highest BCUT2D eigenvalue weighted by atomic mass is 16.5. The molecular weight excluding hydrogens is 228 g/mol. The van der Waals surface area contributed by atoms with Crippen molar-refractivity contribution in [2.24, 2.45) is 5.73 Å². The van der Waals surface area contributed by atoms with Gasteiger partial charge in [0.2, 0.25) is 5.91 Å². The molecule has 0 saturated heterocycles. The summed E-state index contributed by atoms with van der Waals surface area (Å²) in [4.78, 5) is 11.8. The fraction of sp³-hybridized carbons (Fsp3) is 0.929. The first-order chi connectivity index (χ1) is 8.56. The zero-order chi connectivity index (χ0) is 13.4. The quantitative estimate of drug-likeness (QED) is 0.684. The Morgan fingerprint density at radius 3 is 2.67 bits per heavy atom. The van der Waals surface area contributed by atoms with Crippen LogP contribution in [0, 0.1) is 0 Å². The van der Waals surface area contributed by atoms with E-state index in [0.29, 0.717) is 25.7 Å². The van der Waals surface area contributed by atoms with Crippen molar-refractivity contribution >= 4 is 5.91 Å². The van der Waals surface area contributed by atoms with Gasteiger partial charge in [-0.05, 0) is 26.2 Å². The normalized spacial score (nSPS) is 20.4. The van der Waals surface area contributed by atoms with Gasteiger partial charge in [-0.15, -0.1) is 0 Å². The zero-order valence-electron chi connectivity index (χ0n) is 11.8. The van der Waals surface area contributed by atoms with Crippen LogP contribution in [-0.2, 0) is 9.53 Å². The highest BCUT2D eigenvalue weighted by molar-refractivity contribution is 5.85. The molecule has 0 aromatic rings. The van der Waals surface area contributed by atoms with Crippen molar-refractivity contribution in [1.29, 1.82) is 0 Å². The van der Waals surface area contributed by atoms with Crippen LogP contribution >= 0.6 is 0 Å². The molecule has 4 heteroatoms. The molecule has 1 aliphatic carbocycles. The van der Waals surface area contributed by atoms with Crippen LogP contribution in [-0.4, -0.2) is 30.7 Å². The maximum Gasteiger partial charge on any atom is 0.239 e. The maximum atomic E-state index is 11.8. The first-order valence-corrected chi connectivity index (χ1v) is 7.25. The third-order valence-corrected chi connectivity index (χ3v) is 3.58. The molecule has 18 heavy (non-hydrogen) atoms. The van der Waals surface area contributed by atoms with Crippen LogP contribution in [0.25, 0.3) is 0 Å². The molecule has 1 aliphatic rings. The van der Waals surface area contributed by atoms with Gasteiger partial charge in [0.05, 0.1) is 18.2 Å². The summed E-state index contributed by atoms with van der Waals surface area (Å²) in [5.74, 6) is -0.0726. The van der Waals surface area contributed by atoms with Gasteiger partial charge in [-0.25, -0.2) is 0 Å². The van der Waals surface area contributed by atoms with E-state index in [1.165, 1.54) is 32.1 Å². The SMILES string of the molecule is CCCC(C)(N)C(=O)NCCOC1CCCCC1. The lowest BCUT2D eigenvalue weighted by atomic mass is 9.96. The summed E-state index contributed by atoms with van der Waals surface area (Å²) in [7, 11) is 0. The Kier molecular flexibility index (Phi) is 6.65. The first kappa shape index (κ1) is 15.4. The van der Waals surface area contributed by atoms with Gasteiger partial charge in [-0.1, -0.05) is 32.6 Å². The van der Waals surface area contributed by atoms with Crippen LogP contribution in [0.3, 0.4) is 0 Å². The lowest BCUT2D eigenvalue weighted by Crippen LogP contribution is -2.52. The van der Waals surface area contributed by atoms with E-state index in [1.54, 1.807) is 6.92 Å². The smallest absolute Gasteiger partial charge is 0.239 e. The average molecular weight is 256 g/mol. The summed E-state index contributed by atoms with van der Waals surface area (Å²) >= 11 is 0. The van der Waals surface area contributed by atoms with E-state index in [1.807, 2.05) is 6.92 Å². The molecule has 1 amide bonds. The van der Waals surface area contributed by atoms with E-state index < -0.39 is 5.54 Å². The molecule has 3 N–H and O–H groups in total. The van der Waals surface area contributed by atoms with Gasteiger partial charge in [-0.3, -0.25) is 4.79 Å². The molecular formula is C14H28N2O2. The Hall–Kier alpha value is -0.610. The minimum Gasteiger partial charge on any atom is -0.376 e. The van der Waals surface area contributed by atoms with Crippen molar-refractivity contribution in [3.63, 3.8) is 0 Å². The van der Waals surface area contributed by atoms with E-state index in [9.17, 15) is 4.79 Å². The summed E-state index contributed by atoms with van der Waals surface area (Å²) in [6.45, 7) is 4.98. The molecule has 0 aliphatic heterocycles. The van der Waals surface area contributed by atoms with E-state index in [-0.39, 0.29) is 5.91 Å². The van der Waals surface area contributed by atoms with Crippen LogP contribution in [0.15, 0.2) is 0 Å². The number of hydrogen-bond acceptors (Lipinski definition) is 3. The van der Waals surface area contributed by atoms with Crippen molar-refractivity contribution in [1.82, 2.24) is 5.32 Å². The Bertz CT molecular complexity index is 248. The molecule has 1 unspecified atom stereocenters. The van der Waals surface area contributed by atoms with Crippen molar-refractivity contribution in [3.05, 3.63) is 0 Å². The number of rotatable bonds is 7. The summed E-state index contributed by atoms with van der Waals surface area (Å²) < 4.78 is 5.75. The number of nitrogens with one attached hydrogen (secondary N) is 1. The standard InChI is InChI=1S/C14H28N2O2/c1-3-9-14(2,15)13(17)16-10-11-18-12-7-5-4-6-8-12/h12H,3-11,15H2,1-2H3,(H,16,17). The molecule has 106 valence electrons. The van der Waals surface area contributed by atoms with Gasteiger partial charge in [0, 0.05) is 6.54 Å². The molecule has 0 heterocycles. The number of nitrogens with two attached hydrogens (primary N) is 1. The van der Waals surface area contributed by atoms with E-state index in [4.69, 9.17) is 10.5 Å². The monoisotopic (exact) mass is 256 g/mol. The van der Waals surface area contributed by atoms with E-state index in [0.717, 1.165) is 6.42 Å². The fourth-order valence-electron chi connectivity index (χ4n) is 2.46. The van der Waals surface area contributed by atoms with Crippen LogP contribution in [0.4, 0.5) is 0 Å². The predicted octanol–water partition coefficient (Wildman–Crippen LogP) is 1.97. The third-order valence-electron chi connectivity index (χ3n) is 3.58. The van der Waals surface area contributed by atoms with Gasteiger partial charge >= 0.3 is 0 Å². The minimum atomic E-state index is -0.750. The van der Waals surface area contributed by atoms with E-state index >= 15 is 0 Å². The summed E-state index contributed by atoms with van der Waals surface area (Å²) in [6, 6.07) is 0. The molecule has 0 bridgehead atoms. The van der Waals surface area contributed by atoms with Gasteiger partial charge in [0.15, 0.2) is 0 Å². The predicted molar refractivity (Wildman–Crippen MR) is 73.3 cm³/mol. The largest absolute Gasteiger partial charge is 0.376 e. The molecule has 1 atom stereocenters. The summed E-state index contributed by atoms with van der Waals surface area (Å²) in [5, 5.41) is 2.86. The maximum absolute atomic E-state index is 11.8. The molecule has 0 aromatic carbocycles. The second kappa shape index (κ2) is 7.74. The van der Waals surface area contributed by atoms with Gasteiger partial charge < -0.3 is 15.8 Å². The zero-order valence-corrected chi connectivity index (χ0v) is 11.8. The second-order valence-corrected chi connectivity index (χ2v) is 5.55.